The van der Waals surface area contributed by atoms with Crippen molar-refractivity contribution in [3.05, 3.63) is 52.8 Å². The number of amides is 2. The molecular formula is C20H26N4O3. The molecule has 7 nitrogen and oxygen atoms in total. The quantitative estimate of drug-likeness (QED) is 0.841. The number of hydrogen-bond acceptors (Lipinski definition) is 4. The highest BCUT2D eigenvalue weighted by molar-refractivity contribution is 5.94. The van der Waals surface area contributed by atoms with E-state index < -0.39 is 0 Å². The molecule has 1 aromatic carbocycles. The van der Waals surface area contributed by atoms with Crippen molar-refractivity contribution < 1.29 is 14.3 Å². The monoisotopic (exact) mass is 370 g/mol. The number of aromatic amines is 1. The van der Waals surface area contributed by atoms with E-state index >= 15 is 0 Å². The summed E-state index contributed by atoms with van der Waals surface area (Å²) in [5.74, 6) is -0.0700. The van der Waals surface area contributed by atoms with Gasteiger partial charge in [0.05, 0.1) is 24.3 Å². The lowest BCUT2D eigenvalue weighted by atomic mass is 10.1. The molecule has 0 bridgehead atoms. The SMILES string of the molecule is Cc1cc(CC(=O)NCc2ccc(C(=O)N3CC(C)OC(C)C3)cc2)n[nH]1. The van der Waals surface area contributed by atoms with Gasteiger partial charge in [-0.05, 0) is 44.5 Å². The molecule has 1 saturated heterocycles. The number of benzene rings is 1. The van der Waals surface area contributed by atoms with Gasteiger partial charge in [-0.3, -0.25) is 14.7 Å². The molecule has 0 aliphatic carbocycles. The summed E-state index contributed by atoms with van der Waals surface area (Å²) in [5.41, 5.74) is 3.25. The Kier molecular flexibility index (Phi) is 5.91. The number of morpholine rings is 1. The van der Waals surface area contributed by atoms with Crippen LogP contribution in [-0.2, 0) is 22.5 Å². The third-order valence-electron chi connectivity index (χ3n) is 4.50. The average molecular weight is 370 g/mol. The molecule has 2 atom stereocenters. The van der Waals surface area contributed by atoms with Crippen LogP contribution in [0.25, 0.3) is 0 Å². The van der Waals surface area contributed by atoms with E-state index in [9.17, 15) is 9.59 Å². The van der Waals surface area contributed by atoms with E-state index in [0.29, 0.717) is 25.2 Å². The summed E-state index contributed by atoms with van der Waals surface area (Å²) in [6.45, 7) is 7.48. The fourth-order valence-corrected chi connectivity index (χ4v) is 3.28. The van der Waals surface area contributed by atoms with Gasteiger partial charge in [0, 0.05) is 30.9 Å². The molecule has 1 fully saturated rings. The lowest BCUT2D eigenvalue weighted by Gasteiger charge is -2.35. The molecule has 2 heterocycles. The lowest BCUT2D eigenvalue weighted by Crippen LogP contribution is -2.48. The molecule has 0 spiro atoms. The van der Waals surface area contributed by atoms with Gasteiger partial charge in [-0.1, -0.05) is 12.1 Å². The summed E-state index contributed by atoms with van der Waals surface area (Å²) in [6, 6.07) is 9.23. The third kappa shape index (κ3) is 5.17. The number of carbonyl (C=O) groups is 2. The van der Waals surface area contributed by atoms with Gasteiger partial charge in [0.1, 0.15) is 0 Å². The molecule has 144 valence electrons. The molecule has 1 aliphatic rings. The van der Waals surface area contributed by atoms with Gasteiger partial charge in [-0.2, -0.15) is 5.10 Å². The van der Waals surface area contributed by atoms with Crippen molar-refractivity contribution in [3.63, 3.8) is 0 Å². The Bertz CT molecular complexity index is 790. The topological polar surface area (TPSA) is 87.3 Å². The maximum Gasteiger partial charge on any atom is 0.254 e. The van der Waals surface area contributed by atoms with E-state index in [1.807, 2.05) is 56.0 Å². The molecule has 27 heavy (non-hydrogen) atoms. The van der Waals surface area contributed by atoms with Crippen LogP contribution in [0.5, 0.6) is 0 Å². The third-order valence-corrected chi connectivity index (χ3v) is 4.50. The molecule has 1 aliphatic heterocycles. The van der Waals surface area contributed by atoms with Crippen LogP contribution >= 0.6 is 0 Å². The fraction of sp³-hybridized carbons (Fsp3) is 0.450. The number of hydrogen-bond donors (Lipinski definition) is 2. The molecule has 2 amide bonds. The first-order chi connectivity index (χ1) is 12.9. The number of ether oxygens (including phenoxy) is 1. The number of aryl methyl sites for hydroxylation is 1. The number of aromatic nitrogens is 2. The van der Waals surface area contributed by atoms with Crippen molar-refractivity contribution in [1.29, 1.82) is 0 Å². The molecule has 0 saturated carbocycles. The van der Waals surface area contributed by atoms with Crippen LogP contribution in [0.1, 0.15) is 41.2 Å². The number of nitrogens with zero attached hydrogens (tertiary/aromatic N) is 2. The van der Waals surface area contributed by atoms with Gasteiger partial charge in [0.15, 0.2) is 0 Å². The zero-order valence-corrected chi connectivity index (χ0v) is 16.0. The molecule has 0 radical (unpaired) electrons. The van der Waals surface area contributed by atoms with Crippen LogP contribution in [0, 0.1) is 6.92 Å². The van der Waals surface area contributed by atoms with Crippen LogP contribution in [0.4, 0.5) is 0 Å². The summed E-state index contributed by atoms with van der Waals surface area (Å²) in [4.78, 5) is 26.5. The van der Waals surface area contributed by atoms with Crippen molar-refractivity contribution in [3.8, 4) is 0 Å². The molecule has 3 rings (SSSR count). The zero-order chi connectivity index (χ0) is 19.4. The lowest BCUT2D eigenvalue weighted by molar-refractivity contribution is -0.120. The van der Waals surface area contributed by atoms with Crippen molar-refractivity contribution >= 4 is 11.8 Å². The Morgan fingerprint density at radius 3 is 2.48 bits per heavy atom. The van der Waals surface area contributed by atoms with Gasteiger partial charge in [0.25, 0.3) is 5.91 Å². The van der Waals surface area contributed by atoms with Gasteiger partial charge < -0.3 is 15.0 Å². The van der Waals surface area contributed by atoms with E-state index in [4.69, 9.17) is 4.74 Å². The Morgan fingerprint density at radius 1 is 1.22 bits per heavy atom. The van der Waals surface area contributed by atoms with Crippen LogP contribution < -0.4 is 5.32 Å². The highest BCUT2D eigenvalue weighted by Gasteiger charge is 2.26. The van der Waals surface area contributed by atoms with E-state index in [-0.39, 0.29) is 30.4 Å². The minimum absolute atomic E-state index is 0.0153. The molecule has 2 unspecified atom stereocenters. The van der Waals surface area contributed by atoms with Crippen molar-refractivity contribution in [2.45, 2.75) is 45.9 Å². The second kappa shape index (κ2) is 8.35. The van der Waals surface area contributed by atoms with Crippen LogP contribution in [0.2, 0.25) is 0 Å². The maximum atomic E-state index is 12.7. The summed E-state index contributed by atoms with van der Waals surface area (Å²) >= 11 is 0. The van der Waals surface area contributed by atoms with Gasteiger partial charge in [-0.25, -0.2) is 0 Å². The molecule has 7 heteroatoms. The smallest absolute Gasteiger partial charge is 0.254 e. The normalized spacial score (nSPS) is 19.7. The standard InChI is InChI=1S/C20H26N4O3/c1-13-8-18(23-22-13)9-19(25)21-10-16-4-6-17(7-5-16)20(26)24-11-14(2)27-15(3)12-24/h4-8,14-15H,9-12H2,1-3H3,(H,21,25)(H,22,23). The molecule has 1 aromatic heterocycles. The summed E-state index contributed by atoms with van der Waals surface area (Å²) < 4.78 is 5.68. The average Bonchev–Trinajstić information content (AvgIpc) is 3.03. The largest absolute Gasteiger partial charge is 0.372 e. The zero-order valence-electron chi connectivity index (χ0n) is 16.0. The van der Waals surface area contributed by atoms with E-state index in [2.05, 4.69) is 15.5 Å². The van der Waals surface area contributed by atoms with Crippen molar-refractivity contribution in [2.75, 3.05) is 13.1 Å². The predicted molar refractivity (Wildman–Crippen MR) is 101 cm³/mol. The minimum Gasteiger partial charge on any atom is -0.372 e. The van der Waals surface area contributed by atoms with Gasteiger partial charge >= 0.3 is 0 Å². The summed E-state index contributed by atoms with van der Waals surface area (Å²) in [7, 11) is 0. The van der Waals surface area contributed by atoms with Crippen LogP contribution in [0.15, 0.2) is 30.3 Å². The molecular weight excluding hydrogens is 344 g/mol. The van der Waals surface area contributed by atoms with E-state index in [1.165, 1.54) is 0 Å². The number of H-pyrrole nitrogens is 1. The minimum atomic E-state index is -0.0852. The highest BCUT2D eigenvalue weighted by Crippen LogP contribution is 2.15. The van der Waals surface area contributed by atoms with E-state index in [0.717, 1.165) is 17.0 Å². The number of nitrogens with one attached hydrogen (secondary N) is 2. The Balaban J connectivity index is 1.52. The Hall–Kier alpha value is -2.67. The first-order valence-corrected chi connectivity index (χ1v) is 9.22. The Labute approximate surface area is 159 Å². The number of carbonyl (C=O) groups excluding carboxylic acids is 2. The summed E-state index contributed by atoms with van der Waals surface area (Å²) in [6.07, 6.45) is 0.338. The van der Waals surface area contributed by atoms with E-state index in [1.54, 1.807) is 0 Å². The predicted octanol–water partition coefficient (Wildman–Crippen LogP) is 1.83. The maximum absolute atomic E-state index is 12.7. The fourth-order valence-electron chi connectivity index (χ4n) is 3.28. The number of rotatable bonds is 5. The van der Waals surface area contributed by atoms with Crippen molar-refractivity contribution in [1.82, 2.24) is 20.4 Å². The van der Waals surface area contributed by atoms with Crippen LogP contribution in [-0.4, -0.2) is 52.2 Å². The first-order valence-electron chi connectivity index (χ1n) is 9.22. The van der Waals surface area contributed by atoms with Crippen LogP contribution in [0.3, 0.4) is 0 Å². The molecule has 2 N–H and O–H groups in total. The highest BCUT2D eigenvalue weighted by atomic mass is 16.5. The second-order valence-electron chi connectivity index (χ2n) is 7.16. The van der Waals surface area contributed by atoms with Gasteiger partial charge in [0.2, 0.25) is 5.91 Å². The summed E-state index contributed by atoms with van der Waals surface area (Å²) in [5, 5.41) is 9.76. The Morgan fingerprint density at radius 2 is 1.89 bits per heavy atom. The first kappa shape index (κ1) is 19.1. The molecule has 2 aromatic rings. The van der Waals surface area contributed by atoms with Gasteiger partial charge in [-0.15, -0.1) is 0 Å². The second-order valence-corrected chi connectivity index (χ2v) is 7.16. The van der Waals surface area contributed by atoms with Crippen molar-refractivity contribution in [2.24, 2.45) is 0 Å².